The second-order valence-corrected chi connectivity index (χ2v) is 5.67. The van der Waals surface area contributed by atoms with Crippen LogP contribution in [0.15, 0.2) is 18.2 Å². The van der Waals surface area contributed by atoms with Gasteiger partial charge >= 0.3 is 0 Å². The lowest BCUT2D eigenvalue weighted by Crippen LogP contribution is -2.31. The van der Waals surface area contributed by atoms with Crippen LogP contribution < -0.4 is 5.32 Å². The molecule has 0 aliphatic heterocycles. The number of nitro benzene ring substituents is 1. The van der Waals surface area contributed by atoms with Crippen LogP contribution in [0.3, 0.4) is 0 Å². The second kappa shape index (κ2) is 6.89. The molecule has 18 heavy (non-hydrogen) atoms. The average molecular weight is 363 g/mol. The fraction of sp³-hybridized carbons (Fsp3) is 0.500. The number of likely N-dealkylation sites (N-methyl/N-ethyl adjacent to an activating group) is 1. The summed E-state index contributed by atoms with van der Waals surface area (Å²) in [5, 5.41) is 14.1. The fourth-order valence-corrected chi connectivity index (χ4v) is 1.91. The highest BCUT2D eigenvalue weighted by Crippen LogP contribution is 2.25. The molecule has 1 aromatic carbocycles. The van der Waals surface area contributed by atoms with Gasteiger partial charge in [-0.25, -0.2) is 0 Å². The number of hydrogen-bond acceptors (Lipinski definition) is 4. The van der Waals surface area contributed by atoms with Crippen molar-refractivity contribution in [3.8, 4) is 0 Å². The van der Waals surface area contributed by atoms with E-state index in [1.54, 1.807) is 12.1 Å². The minimum absolute atomic E-state index is 0.133. The Labute approximate surface area is 121 Å². The first-order chi connectivity index (χ1) is 8.41. The zero-order valence-electron chi connectivity index (χ0n) is 10.8. The number of benzene rings is 1. The van der Waals surface area contributed by atoms with E-state index in [0.29, 0.717) is 18.3 Å². The Morgan fingerprint density at radius 2 is 2.17 bits per heavy atom. The molecule has 0 saturated carbocycles. The van der Waals surface area contributed by atoms with Crippen molar-refractivity contribution in [1.29, 1.82) is 0 Å². The first-order valence-corrected chi connectivity index (χ1v) is 6.87. The van der Waals surface area contributed by atoms with Crippen molar-refractivity contribution in [2.45, 2.75) is 19.9 Å². The highest BCUT2D eigenvalue weighted by Gasteiger charge is 2.13. The smallest absolute Gasteiger partial charge is 0.293 e. The van der Waals surface area contributed by atoms with Crippen LogP contribution in [0, 0.1) is 13.7 Å². The van der Waals surface area contributed by atoms with E-state index in [9.17, 15) is 10.1 Å². The molecule has 0 unspecified atom stereocenters. The molecule has 0 spiro atoms. The lowest BCUT2D eigenvalue weighted by atomic mass is 10.2. The highest BCUT2D eigenvalue weighted by atomic mass is 127. The predicted molar refractivity (Wildman–Crippen MR) is 82.1 cm³/mol. The summed E-state index contributed by atoms with van der Waals surface area (Å²) in [5.74, 6) is 0. The number of nitro groups is 1. The summed E-state index contributed by atoms with van der Waals surface area (Å²) in [6, 6.07) is 5.67. The van der Waals surface area contributed by atoms with E-state index in [-0.39, 0.29) is 10.6 Å². The number of anilines is 1. The molecule has 1 rings (SSSR count). The molecule has 0 radical (unpaired) electrons. The Balaban J connectivity index is 2.65. The van der Waals surface area contributed by atoms with Crippen molar-refractivity contribution in [3.05, 3.63) is 31.9 Å². The number of halogens is 1. The van der Waals surface area contributed by atoms with Gasteiger partial charge in [0.15, 0.2) is 0 Å². The molecule has 0 aromatic heterocycles. The Hall–Kier alpha value is -0.890. The molecule has 6 heteroatoms. The minimum Gasteiger partial charge on any atom is -0.378 e. The maximum absolute atomic E-state index is 10.9. The van der Waals surface area contributed by atoms with Crippen molar-refractivity contribution in [1.82, 2.24) is 4.90 Å². The van der Waals surface area contributed by atoms with Crippen molar-refractivity contribution in [2.24, 2.45) is 0 Å². The molecule has 1 N–H and O–H groups in total. The SMILES string of the molecule is CC(C)N(C)CCNc1ccc(I)cc1[N+](=O)[O-]. The molecule has 0 bridgehead atoms. The van der Waals surface area contributed by atoms with Crippen LogP contribution in [0.25, 0.3) is 0 Å². The van der Waals surface area contributed by atoms with Gasteiger partial charge in [0.2, 0.25) is 0 Å². The van der Waals surface area contributed by atoms with Crippen molar-refractivity contribution >= 4 is 34.0 Å². The zero-order chi connectivity index (χ0) is 13.7. The third-order valence-corrected chi connectivity index (χ3v) is 3.49. The van der Waals surface area contributed by atoms with Crippen molar-refractivity contribution < 1.29 is 4.92 Å². The third kappa shape index (κ3) is 4.41. The van der Waals surface area contributed by atoms with Gasteiger partial charge in [-0.3, -0.25) is 10.1 Å². The van der Waals surface area contributed by atoms with E-state index < -0.39 is 0 Å². The van der Waals surface area contributed by atoms with E-state index in [4.69, 9.17) is 0 Å². The van der Waals surface area contributed by atoms with Gasteiger partial charge in [0.25, 0.3) is 5.69 Å². The lowest BCUT2D eigenvalue weighted by molar-refractivity contribution is -0.384. The van der Waals surface area contributed by atoms with Crippen LogP contribution in [-0.2, 0) is 0 Å². The van der Waals surface area contributed by atoms with Crippen molar-refractivity contribution in [2.75, 3.05) is 25.5 Å². The van der Waals surface area contributed by atoms with E-state index >= 15 is 0 Å². The molecule has 0 saturated heterocycles. The van der Waals surface area contributed by atoms with E-state index in [1.165, 1.54) is 0 Å². The van der Waals surface area contributed by atoms with Crippen LogP contribution in [0.4, 0.5) is 11.4 Å². The molecule has 0 fully saturated rings. The molecule has 0 aliphatic carbocycles. The van der Waals surface area contributed by atoms with Crippen LogP contribution in [-0.4, -0.2) is 36.0 Å². The molecule has 0 heterocycles. The number of hydrogen-bond donors (Lipinski definition) is 1. The van der Waals surface area contributed by atoms with E-state index in [2.05, 4.69) is 46.7 Å². The van der Waals surface area contributed by atoms with Gasteiger partial charge < -0.3 is 10.2 Å². The molecular weight excluding hydrogens is 345 g/mol. The predicted octanol–water partition coefficient (Wildman–Crippen LogP) is 2.95. The van der Waals surface area contributed by atoms with Crippen LogP contribution >= 0.6 is 22.6 Å². The Bertz CT molecular complexity index is 424. The molecule has 100 valence electrons. The molecule has 1 aromatic rings. The van der Waals surface area contributed by atoms with Gasteiger partial charge in [-0.05, 0) is 55.6 Å². The summed E-state index contributed by atoms with van der Waals surface area (Å²) in [6.07, 6.45) is 0. The summed E-state index contributed by atoms with van der Waals surface area (Å²) in [4.78, 5) is 12.8. The average Bonchev–Trinajstić information content (AvgIpc) is 2.30. The summed E-state index contributed by atoms with van der Waals surface area (Å²) < 4.78 is 0.865. The summed E-state index contributed by atoms with van der Waals surface area (Å²) in [5.41, 5.74) is 0.715. The standard InChI is InChI=1S/C12H18IN3O2/c1-9(2)15(3)7-6-14-11-5-4-10(13)8-12(11)16(17)18/h4-5,8-9,14H,6-7H2,1-3H3. The fourth-order valence-electron chi connectivity index (χ4n) is 1.43. The lowest BCUT2D eigenvalue weighted by Gasteiger charge is -2.21. The molecular formula is C12H18IN3O2. The Morgan fingerprint density at radius 1 is 1.50 bits per heavy atom. The van der Waals surface area contributed by atoms with Crippen molar-refractivity contribution in [3.63, 3.8) is 0 Å². The van der Waals surface area contributed by atoms with Gasteiger partial charge in [-0.1, -0.05) is 0 Å². The molecule has 0 aliphatic rings. The maximum Gasteiger partial charge on any atom is 0.293 e. The monoisotopic (exact) mass is 363 g/mol. The first kappa shape index (κ1) is 15.2. The van der Waals surface area contributed by atoms with Gasteiger partial charge in [-0.15, -0.1) is 0 Å². The summed E-state index contributed by atoms with van der Waals surface area (Å²) >= 11 is 2.07. The van der Waals surface area contributed by atoms with Gasteiger partial charge in [0, 0.05) is 28.8 Å². The Morgan fingerprint density at radius 3 is 2.72 bits per heavy atom. The zero-order valence-corrected chi connectivity index (χ0v) is 13.0. The van der Waals surface area contributed by atoms with Crippen LogP contribution in [0.1, 0.15) is 13.8 Å². The van der Waals surface area contributed by atoms with E-state index in [1.807, 2.05) is 13.1 Å². The highest BCUT2D eigenvalue weighted by molar-refractivity contribution is 14.1. The molecule has 5 nitrogen and oxygen atoms in total. The number of nitrogens with zero attached hydrogens (tertiary/aromatic N) is 2. The number of nitrogens with one attached hydrogen (secondary N) is 1. The maximum atomic E-state index is 10.9. The number of rotatable bonds is 6. The van der Waals surface area contributed by atoms with Gasteiger partial charge in [0.1, 0.15) is 5.69 Å². The summed E-state index contributed by atoms with van der Waals surface area (Å²) in [7, 11) is 2.04. The second-order valence-electron chi connectivity index (χ2n) is 4.42. The third-order valence-electron chi connectivity index (χ3n) is 2.82. The topological polar surface area (TPSA) is 58.4 Å². The van der Waals surface area contributed by atoms with Crippen LogP contribution in [0.2, 0.25) is 0 Å². The first-order valence-electron chi connectivity index (χ1n) is 5.80. The van der Waals surface area contributed by atoms with E-state index in [0.717, 1.165) is 10.1 Å². The normalized spacial score (nSPS) is 11.0. The minimum atomic E-state index is -0.351. The Kier molecular flexibility index (Phi) is 5.80. The van der Waals surface area contributed by atoms with Crippen LogP contribution in [0.5, 0.6) is 0 Å². The molecule has 0 atom stereocenters. The largest absolute Gasteiger partial charge is 0.378 e. The van der Waals surface area contributed by atoms with Gasteiger partial charge in [0.05, 0.1) is 4.92 Å². The quantitative estimate of drug-likeness (QED) is 0.480. The summed E-state index contributed by atoms with van der Waals surface area (Å²) in [6.45, 7) is 5.78. The van der Waals surface area contributed by atoms with Gasteiger partial charge in [-0.2, -0.15) is 0 Å². The molecule has 0 amide bonds.